The van der Waals surface area contributed by atoms with Gasteiger partial charge < -0.3 is 34.6 Å². The number of hydrogen-bond acceptors (Lipinski definition) is 8. The van der Waals surface area contributed by atoms with Crippen molar-refractivity contribution in [3.63, 3.8) is 0 Å². The number of benzene rings is 2. The molecule has 0 saturated heterocycles. The Bertz CT molecular complexity index is 1360. The molecular weight excluding hydrogens is 683 g/mol. The number of rotatable bonds is 16. The number of unbranched alkanes of at least 4 members (excludes halogenated alkanes) is 2. The van der Waals surface area contributed by atoms with Crippen molar-refractivity contribution >= 4 is 24.1 Å². The van der Waals surface area contributed by atoms with Gasteiger partial charge in [0, 0.05) is 26.2 Å². The molecule has 0 aromatic heterocycles. The minimum absolute atomic E-state index is 0. The Labute approximate surface area is 338 Å². The number of esters is 1. The van der Waals surface area contributed by atoms with Crippen molar-refractivity contribution in [1.82, 2.24) is 9.80 Å². The fourth-order valence-electron chi connectivity index (χ4n) is 4.95. The molecule has 0 fully saturated rings. The molecular formula is C42H69LiN2O9. The third-order valence-electron chi connectivity index (χ3n) is 8.01. The molecule has 2 aromatic carbocycles. The van der Waals surface area contributed by atoms with Gasteiger partial charge in [-0.15, -0.1) is 0 Å². The maximum atomic E-state index is 12.5. The molecule has 54 heavy (non-hydrogen) atoms. The average molecular weight is 753 g/mol. The quantitative estimate of drug-likeness (QED) is 0.0830. The van der Waals surface area contributed by atoms with Crippen LogP contribution in [0.4, 0.5) is 9.59 Å². The van der Waals surface area contributed by atoms with Crippen molar-refractivity contribution < 1.29 is 62.8 Å². The number of carbonyl (C=O) groups excluding carboxylic acids is 3. The Kier molecular flexibility index (Phi) is 25.9. The molecule has 0 saturated carbocycles. The van der Waals surface area contributed by atoms with E-state index in [9.17, 15) is 24.3 Å². The molecule has 0 unspecified atom stereocenters. The molecule has 0 bridgehead atoms. The summed E-state index contributed by atoms with van der Waals surface area (Å²) in [5.74, 6) is -0.994. The fraction of sp³-hybridized carbons (Fsp3) is 0.619. The van der Waals surface area contributed by atoms with Crippen molar-refractivity contribution in [2.75, 3.05) is 20.2 Å². The van der Waals surface area contributed by atoms with Crippen molar-refractivity contribution in [3.05, 3.63) is 71.8 Å². The molecule has 0 aliphatic carbocycles. The maximum Gasteiger partial charge on any atom is 1.00 e. The van der Waals surface area contributed by atoms with Crippen LogP contribution >= 0.6 is 0 Å². The van der Waals surface area contributed by atoms with E-state index in [0.717, 1.165) is 36.8 Å². The Hall–Kier alpha value is -3.52. The van der Waals surface area contributed by atoms with Gasteiger partial charge in [-0.2, -0.15) is 0 Å². The summed E-state index contributed by atoms with van der Waals surface area (Å²) >= 11 is 0. The monoisotopic (exact) mass is 753 g/mol. The second kappa shape index (κ2) is 25.5. The zero-order valence-electron chi connectivity index (χ0n) is 34.5. The number of methoxy groups -OCH3 is 1. The molecule has 2 aromatic rings. The third kappa shape index (κ3) is 23.3. The summed E-state index contributed by atoms with van der Waals surface area (Å²) in [5.41, 5.74) is -0.218. The predicted molar refractivity (Wildman–Crippen MR) is 210 cm³/mol. The van der Waals surface area contributed by atoms with Crippen molar-refractivity contribution in [1.29, 1.82) is 0 Å². The Morgan fingerprint density at radius 3 is 1.22 bits per heavy atom. The van der Waals surface area contributed by atoms with Crippen LogP contribution < -0.4 is 18.9 Å². The van der Waals surface area contributed by atoms with Crippen LogP contribution in [0.5, 0.6) is 0 Å². The molecule has 0 radical (unpaired) electrons. The van der Waals surface area contributed by atoms with Crippen LogP contribution in [0, 0.1) is 10.8 Å². The standard InChI is InChI=1S/C21H33NO4.C20H31NO4.CH4.Li.H2O/c1-20(2,3)26-19(24)22(16-17-12-8-7-9-13-17)15-11-10-14-21(4,5)18(23)25-6;1-19(2,3)25-18(24)21(15-16-11-7-6-8-12-16)14-10-9-13-20(4,5)17(22)23;;;/h7-9,12-13H,10-11,14-16H2,1-6H3;6-8,11-12H,9-10,13-15H2,1-5H3,(H,22,23);1H4;;1H2/q;;;+1;/p-1. The number of carbonyl (C=O) groups is 4. The van der Waals surface area contributed by atoms with E-state index in [1.807, 2.05) is 116 Å². The van der Waals surface area contributed by atoms with Crippen molar-refractivity contribution in [3.8, 4) is 0 Å². The van der Waals surface area contributed by atoms with Crippen molar-refractivity contribution in [2.45, 2.75) is 139 Å². The Balaban J connectivity index is -0.000000913. The molecule has 2 amide bonds. The summed E-state index contributed by atoms with van der Waals surface area (Å²) in [5, 5.41) is 9.18. The second-order valence-electron chi connectivity index (χ2n) is 16.3. The average Bonchev–Trinajstić information content (AvgIpc) is 3.03. The normalized spacial score (nSPS) is 11.2. The zero-order chi connectivity index (χ0) is 38.9. The SMILES string of the molecule is C.CC(C)(C)OC(=O)N(CCCCC(C)(C)C(=O)O)Cc1ccccc1.COC(=O)C(C)(C)CCCCN(Cc1ccccc1)C(=O)OC(C)(C)C.[Li+].[OH-]. The smallest absolute Gasteiger partial charge is 0.870 e. The number of carboxylic acids is 1. The van der Waals surface area contributed by atoms with E-state index in [2.05, 4.69) is 0 Å². The molecule has 2 rings (SSSR count). The van der Waals surface area contributed by atoms with Gasteiger partial charge in [0.2, 0.25) is 0 Å². The molecule has 0 spiro atoms. The first-order valence-corrected chi connectivity index (χ1v) is 17.9. The van der Waals surface area contributed by atoms with E-state index in [1.165, 1.54) is 7.11 Å². The largest absolute Gasteiger partial charge is 1.00 e. The van der Waals surface area contributed by atoms with Crippen LogP contribution in [-0.2, 0) is 36.9 Å². The van der Waals surface area contributed by atoms with Crippen LogP contribution in [0.2, 0.25) is 0 Å². The van der Waals surface area contributed by atoms with Gasteiger partial charge in [0.1, 0.15) is 11.2 Å². The topological polar surface area (TPSA) is 153 Å². The molecule has 302 valence electrons. The third-order valence-corrected chi connectivity index (χ3v) is 8.01. The number of carboxylic acid groups (broad SMARTS) is 1. The number of ether oxygens (including phenoxy) is 3. The van der Waals surface area contributed by atoms with Crippen LogP contribution in [0.3, 0.4) is 0 Å². The van der Waals surface area contributed by atoms with Gasteiger partial charge in [0.25, 0.3) is 0 Å². The number of amides is 2. The summed E-state index contributed by atoms with van der Waals surface area (Å²) in [6.45, 7) is 20.5. The molecule has 0 heterocycles. The molecule has 0 aliphatic rings. The van der Waals surface area contributed by atoms with Gasteiger partial charge in [0.15, 0.2) is 0 Å². The van der Waals surface area contributed by atoms with Gasteiger partial charge in [-0.3, -0.25) is 9.59 Å². The van der Waals surface area contributed by atoms with E-state index in [-0.39, 0.29) is 49.9 Å². The summed E-state index contributed by atoms with van der Waals surface area (Å²) in [6, 6.07) is 19.6. The minimum Gasteiger partial charge on any atom is -0.870 e. The van der Waals surface area contributed by atoms with E-state index < -0.39 is 28.0 Å². The molecule has 12 heteroatoms. The summed E-state index contributed by atoms with van der Waals surface area (Å²) < 4.78 is 15.9. The first kappa shape index (κ1) is 54.8. The van der Waals surface area contributed by atoms with Crippen molar-refractivity contribution in [2.24, 2.45) is 10.8 Å². The van der Waals surface area contributed by atoms with E-state index >= 15 is 0 Å². The summed E-state index contributed by atoms with van der Waals surface area (Å²) in [7, 11) is 1.41. The van der Waals surface area contributed by atoms with Gasteiger partial charge in [-0.25, -0.2) is 9.59 Å². The van der Waals surface area contributed by atoms with Gasteiger partial charge >= 0.3 is 43.0 Å². The first-order valence-electron chi connectivity index (χ1n) is 17.9. The van der Waals surface area contributed by atoms with E-state index in [0.29, 0.717) is 39.0 Å². The summed E-state index contributed by atoms with van der Waals surface area (Å²) in [4.78, 5) is 51.4. The van der Waals surface area contributed by atoms with Gasteiger partial charge in [0.05, 0.1) is 17.9 Å². The summed E-state index contributed by atoms with van der Waals surface area (Å²) in [6.07, 6.45) is 3.75. The Morgan fingerprint density at radius 2 is 0.926 bits per heavy atom. The first-order chi connectivity index (χ1) is 23.6. The minimum atomic E-state index is -0.791. The molecule has 0 aliphatic heterocycles. The molecule has 11 nitrogen and oxygen atoms in total. The van der Waals surface area contributed by atoms with Crippen LogP contribution in [0.1, 0.15) is 126 Å². The fourth-order valence-corrected chi connectivity index (χ4v) is 4.95. The number of nitrogens with zero attached hydrogens (tertiary/aromatic N) is 2. The predicted octanol–water partition coefficient (Wildman–Crippen LogP) is 6.96. The van der Waals surface area contributed by atoms with E-state index in [4.69, 9.17) is 14.2 Å². The van der Waals surface area contributed by atoms with Crippen LogP contribution in [0.25, 0.3) is 0 Å². The van der Waals surface area contributed by atoms with E-state index in [1.54, 1.807) is 23.6 Å². The number of aliphatic carboxylic acids is 1. The van der Waals surface area contributed by atoms with Gasteiger partial charge in [-0.1, -0.05) is 80.9 Å². The molecule has 2 N–H and O–H groups in total. The van der Waals surface area contributed by atoms with Gasteiger partial charge in [-0.05, 0) is 106 Å². The maximum absolute atomic E-state index is 12.5. The molecule has 0 atom stereocenters. The van der Waals surface area contributed by atoms with Crippen LogP contribution in [0.15, 0.2) is 60.7 Å². The number of hydrogen-bond donors (Lipinski definition) is 1. The van der Waals surface area contributed by atoms with Crippen LogP contribution in [-0.4, -0.2) is 75.9 Å². The zero-order valence-corrected chi connectivity index (χ0v) is 34.5. The second-order valence-corrected chi connectivity index (χ2v) is 16.3. The Morgan fingerprint density at radius 1 is 0.593 bits per heavy atom.